The molecule has 0 saturated carbocycles. The molecule has 3 heteroatoms. The number of rotatable bonds is 5. The Morgan fingerprint density at radius 3 is 2.61 bits per heavy atom. The Bertz CT molecular complexity index is 514. The highest BCUT2D eigenvalue weighted by molar-refractivity contribution is 5.84. The minimum Gasteiger partial charge on any atom is -0.392 e. The Labute approximate surface area is 108 Å². The number of para-hydroxylation sites is 1. The van der Waals surface area contributed by atoms with Gasteiger partial charge in [0.15, 0.2) is 0 Å². The smallest absolute Gasteiger partial charge is 0.0636 e. The SMILES string of the molecule is CC(C)n1cc(CNC[C@H](C)O)c2ccccc21. The maximum atomic E-state index is 9.27. The molecule has 1 aromatic heterocycles. The molecule has 1 atom stereocenters. The molecule has 1 heterocycles. The van der Waals surface area contributed by atoms with Crippen molar-refractivity contribution in [2.75, 3.05) is 6.54 Å². The third kappa shape index (κ3) is 2.74. The number of hydrogen-bond acceptors (Lipinski definition) is 2. The van der Waals surface area contributed by atoms with Crippen LogP contribution in [0.15, 0.2) is 30.5 Å². The molecule has 2 rings (SSSR count). The quantitative estimate of drug-likeness (QED) is 0.851. The molecule has 0 unspecified atom stereocenters. The second kappa shape index (κ2) is 5.55. The normalized spacial score (nSPS) is 13.4. The molecule has 0 amide bonds. The summed E-state index contributed by atoms with van der Waals surface area (Å²) in [5.74, 6) is 0. The lowest BCUT2D eigenvalue weighted by Crippen LogP contribution is -2.23. The number of aliphatic hydroxyl groups excluding tert-OH is 1. The Hall–Kier alpha value is -1.32. The summed E-state index contributed by atoms with van der Waals surface area (Å²) < 4.78 is 2.30. The largest absolute Gasteiger partial charge is 0.392 e. The van der Waals surface area contributed by atoms with Crippen LogP contribution in [0.25, 0.3) is 10.9 Å². The van der Waals surface area contributed by atoms with E-state index >= 15 is 0 Å². The summed E-state index contributed by atoms with van der Waals surface area (Å²) in [5.41, 5.74) is 2.57. The molecule has 0 radical (unpaired) electrons. The van der Waals surface area contributed by atoms with Gasteiger partial charge >= 0.3 is 0 Å². The van der Waals surface area contributed by atoms with Gasteiger partial charge < -0.3 is 15.0 Å². The molecular formula is C15H22N2O. The van der Waals surface area contributed by atoms with Gasteiger partial charge in [-0.3, -0.25) is 0 Å². The first-order valence-corrected chi connectivity index (χ1v) is 6.57. The molecule has 2 N–H and O–H groups in total. The summed E-state index contributed by atoms with van der Waals surface area (Å²) in [5, 5.41) is 13.8. The zero-order chi connectivity index (χ0) is 13.1. The van der Waals surface area contributed by atoms with E-state index in [1.54, 1.807) is 6.92 Å². The number of fused-ring (bicyclic) bond motifs is 1. The van der Waals surface area contributed by atoms with Crippen molar-refractivity contribution in [1.82, 2.24) is 9.88 Å². The predicted octanol–water partition coefficient (Wildman–Crippen LogP) is 2.69. The summed E-state index contributed by atoms with van der Waals surface area (Å²) in [6.45, 7) is 7.61. The highest BCUT2D eigenvalue weighted by atomic mass is 16.3. The standard InChI is InChI=1S/C15H22N2O/c1-11(2)17-10-13(9-16-8-12(3)18)14-6-4-5-7-15(14)17/h4-7,10-12,16,18H,8-9H2,1-3H3/t12-/m0/s1. The van der Waals surface area contributed by atoms with Crippen LogP contribution in [0.5, 0.6) is 0 Å². The van der Waals surface area contributed by atoms with Gasteiger partial charge in [0.2, 0.25) is 0 Å². The third-order valence-corrected chi connectivity index (χ3v) is 3.13. The van der Waals surface area contributed by atoms with E-state index in [1.807, 2.05) is 0 Å². The topological polar surface area (TPSA) is 37.2 Å². The van der Waals surface area contributed by atoms with Crippen LogP contribution in [0.4, 0.5) is 0 Å². The van der Waals surface area contributed by atoms with Crippen LogP contribution in [-0.4, -0.2) is 22.3 Å². The maximum absolute atomic E-state index is 9.27. The molecule has 0 aliphatic rings. The van der Waals surface area contributed by atoms with E-state index in [9.17, 15) is 5.11 Å². The molecule has 0 aliphatic heterocycles. The average Bonchev–Trinajstić information content (AvgIpc) is 2.68. The Kier molecular flexibility index (Phi) is 4.04. The van der Waals surface area contributed by atoms with Gasteiger partial charge in [0, 0.05) is 36.2 Å². The van der Waals surface area contributed by atoms with E-state index in [0.717, 1.165) is 6.54 Å². The van der Waals surface area contributed by atoms with Gasteiger partial charge in [-0.05, 0) is 32.4 Å². The van der Waals surface area contributed by atoms with Gasteiger partial charge in [-0.2, -0.15) is 0 Å². The zero-order valence-electron chi connectivity index (χ0n) is 11.4. The highest BCUT2D eigenvalue weighted by Gasteiger charge is 2.09. The van der Waals surface area contributed by atoms with Crippen LogP contribution in [0.3, 0.4) is 0 Å². The zero-order valence-corrected chi connectivity index (χ0v) is 11.4. The summed E-state index contributed by atoms with van der Waals surface area (Å²) in [4.78, 5) is 0. The number of nitrogens with one attached hydrogen (secondary N) is 1. The third-order valence-electron chi connectivity index (χ3n) is 3.13. The van der Waals surface area contributed by atoms with Crippen LogP contribution in [0.2, 0.25) is 0 Å². The van der Waals surface area contributed by atoms with E-state index in [2.05, 4.69) is 54.2 Å². The minimum absolute atomic E-state index is 0.302. The van der Waals surface area contributed by atoms with E-state index < -0.39 is 0 Å². The molecule has 0 bridgehead atoms. The van der Waals surface area contributed by atoms with Gasteiger partial charge in [-0.1, -0.05) is 18.2 Å². The highest BCUT2D eigenvalue weighted by Crippen LogP contribution is 2.24. The van der Waals surface area contributed by atoms with Crippen molar-refractivity contribution < 1.29 is 5.11 Å². The first-order valence-electron chi connectivity index (χ1n) is 6.57. The van der Waals surface area contributed by atoms with Crippen molar-refractivity contribution in [3.63, 3.8) is 0 Å². The number of hydrogen-bond donors (Lipinski definition) is 2. The van der Waals surface area contributed by atoms with Crippen LogP contribution < -0.4 is 5.32 Å². The monoisotopic (exact) mass is 246 g/mol. The number of nitrogens with zero attached hydrogens (tertiary/aromatic N) is 1. The molecule has 3 nitrogen and oxygen atoms in total. The van der Waals surface area contributed by atoms with Gasteiger partial charge in [-0.25, -0.2) is 0 Å². The van der Waals surface area contributed by atoms with Gasteiger partial charge in [-0.15, -0.1) is 0 Å². The Morgan fingerprint density at radius 1 is 1.22 bits per heavy atom. The van der Waals surface area contributed by atoms with Crippen molar-refractivity contribution in [1.29, 1.82) is 0 Å². The van der Waals surface area contributed by atoms with Crippen molar-refractivity contribution in [3.8, 4) is 0 Å². The van der Waals surface area contributed by atoms with Gasteiger partial charge in [0.05, 0.1) is 6.10 Å². The lowest BCUT2D eigenvalue weighted by Gasteiger charge is -2.08. The lowest BCUT2D eigenvalue weighted by atomic mass is 10.2. The lowest BCUT2D eigenvalue weighted by molar-refractivity contribution is 0.191. The molecule has 18 heavy (non-hydrogen) atoms. The first-order chi connectivity index (χ1) is 8.59. The molecule has 0 fully saturated rings. The summed E-state index contributed by atoms with van der Waals surface area (Å²) >= 11 is 0. The summed E-state index contributed by atoms with van der Waals surface area (Å²) in [6.07, 6.45) is 1.91. The van der Waals surface area contributed by atoms with Crippen molar-refractivity contribution in [2.45, 2.75) is 39.5 Å². The second-order valence-electron chi connectivity index (χ2n) is 5.15. The fourth-order valence-electron chi connectivity index (χ4n) is 2.26. The van der Waals surface area contributed by atoms with E-state index in [0.29, 0.717) is 12.6 Å². The van der Waals surface area contributed by atoms with Gasteiger partial charge in [0.25, 0.3) is 0 Å². The number of aliphatic hydroxyl groups is 1. The summed E-state index contributed by atoms with van der Waals surface area (Å²) in [6, 6.07) is 8.93. The molecule has 0 spiro atoms. The number of aromatic nitrogens is 1. The molecule has 2 aromatic rings. The fraction of sp³-hybridized carbons (Fsp3) is 0.467. The van der Waals surface area contributed by atoms with Crippen molar-refractivity contribution in [2.24, 2.45) is 0 Å². The average molecular weight is 246 g/mol. The van der Waals surface area contributed by atoms with Crippen LogP contribution >= 0.6 is 0 Å². The van der Waals surface area contributed by atoms with Gasteiger partial charge in [0.1, 0.15) is 0 Å². The van der Waals surface area contributed by atoms with Crippen molar-refractivity contribution in [3.05, 3.63) is 36.0 Å². The molecule has 0 saturated heterocycles. The van der Waals surface area contributed by atoms with Crippen LogP contribution in [-0.2, 0) is 6.54 Å². The van der Waals surface area contributed by atoms with Crippen molar-refractivity contribution >= 4 is 10.9 Å². The Morgan fingerprint density at radius 2 is 1.94 bits per heavy atom. The first kappa shape index (κ1) is 13.1. The minimum atomic E-state index is -0.302. The molecule has 98 valence electrons. The molecule has 1 aromatic carbocycles. The van der Waals surface area contributed by atoms with Crippen LogP contribution in [0, 0.1) is 0 Å². The predicted molar refractivity (Wildman–Crippen MR) is 75.7 cm³/mol. The van der Waals surface area contributed by atoms with E-state index in [-0.39, 0.29) is 6.10 Å². The fourth-order valence-corrected chi connectivity index (χ4v) is 2.26. The summed E-state index contributed by atoms with van der Waals surface area (Å²) in [7, 11) is 0. The number of benzene rings is 1. The second-order valence-corrected chi connectivity index (χ2v) is 5.15. The molecule has 0 aliphatic carbocycles. The van der Waals surface area contributed by atoms with E-state index in [4.69, 9.17) is 0 Å². The van der Waals surface area contributed by atoms with Crippen LogP contribution in [0.1, 0.15) is 32.4 Å². The maximum Gasteiger partial charge on any atom is 0.0636 e. The molecular weight excluding hydrogens is 224 g/mol. The Balaban J connectivity index is 2.27. The van der Waals surface area contributed by atoms with E-state index in [1.165, 1.54) is 16.5 Å².